The first-order chi connectivity index (χ1) is 24.6. The lowest BCUT2D eigenvalue weighted by Gasteiger charge is -2.31. The van der Waals surface area contributed by atoms with Crippen molar-refractivity contribution in [3.8, 4) is 0 Å². The summed E-state index contributed by atoms with van der Waals surface area (Å²) in [5.41, 5.74) is 0. The first-order valence-corrected chi connectivity index (χ1v) is 20.2. The molecule has 0 fully saturated rings. The SMILES string of the molecule is CC/C=C/C/C=C/C/C=C/C/C=C/CCCCCCCCC(=O)OC(COCCC(C(=O)O)[N+](C)(C)C)COC(=O)CCCCCCCCCC. The molecular formula is C43H76NO7+. The monoisotopic (exact) mass is 719 g/mol. The fourth-order valence-corrected chi connectivity index (χ4v) is 5.61. The Morgan fingerprint density at radius 3 is 1.63 bits per heavy atom. The number of carboxylic acids is 1. The largest absolute Gasteiger partial charge is 0.477 e. The number of esters is 2. The van der Waals surface area contributed by atoms with Crippen LogP contribution in [0.5, 0.6) is 0 Å². The Bertz CT molecular complexity index is 979. The smallest absolute Gasteiger partial charge is 0.362 e. The summed E-state index contributed by atoms with van der Waals surface area (Å²) in [6.45, 7) is 4.56. The molecule has 2 atom stereocenters. The number of quaternary nitrogens is 1. The number of unbranched alkanes of at least 4 members (excludes halogenated alkanes) is 13. The highest BCUT2D eigenvalue weighted by Gasteiger charge is 2.31. The zero-order chi connectivity index (χ0) is 37.8. The highest BCUT2D eigenvalue weighted by molar-refractivity contribution is 5.72. The standard InChI is InChI=1S/C43H75NO7/c1-6-8-10-12-14-16-17-18-19-20-21-22-23-24-25-26-28-30-32-34-42(46)51-39(37-49-36-35-40(43(47)48)44(3,4)5)38-50-41(45)33-31-29-27-15-13-11-9-7-2/h8,10,14,16,18-19,21-22,39-40H,6-7,9,11-13,15,17,20,23-38H2,1-5H3/p+1/b10-8+,16-14+,19-18+,22-21+. The summed E-state index contributed by atoms with van der Waals surface area (Å²) in [7, 11) is 5.51. The average molecular weight is 719 g/mol. The second kappa shape index (κ2) is 34.4. The Balaban J connectivity index is 4.35. The summed E-state index contributed by atoms with van der Waals surface area (Å²) in [4.78, 5) is 36.7. The summed E-state index contributed by atoms with van der Waals surface area (Å²) in [6, 6.07) is -0.616. The maximum absolute atomic E-state index is 12.7. The van der Waals surface area contributed by atoms with Gasteiger partial charge in [0.2, 0.25) is 0 Å². The van der Waals surface area contributed by atoms with Crippen molar-refractivity contribution in [1.29, 1.82) is 0 Å². The van der Waals surface area contributed by atoms with Crippen molar-refractivity contribution in [2.75, 3.05) is 41.0 Å². The first-order valence-electron chi connectivity index (χ1n) is 20.2. The molecule has 0 amide bonds. The van der Waals surface area contributed by atoms with Gasteiger partial charge in [-0.25, -0.2) is 4.79 Å². The van der Waals surface area contributed by atoms with E-state index in [1.165, 1.54) is 44.9 Å². The fourth-order valence-electron chi connectivity index (χ4n) is 5.61. The highest BCUT2D eigenvalue weighted by Crippen LogP contribution is 2.13. The summed E-state index contributed by atoms with van der Waals surface area (Å²) >= 11 is 0. The van der Waals surface area contributed by atoms with Crippen molar-refractivity contribution >= 4 is 17.9 Å². The van der Waals surface area contributed by atoms with Gasteiger partial charge < -0.3 is 23.8 Å². The summed E-state index contributed by atoms with van der Waals surface area (Å²) < 4.78 is 17.2. The molecule has 0 heterocycles. The Labute approximate surface area is 312 Å². The number of nitrogens with zero attached hydrogens (tertiary/aromatic N) is 1. The number of hydrogen-bond donors (Lipinski definition) is 1. The van der Waals surface area contributed by atoms with Crippen LogP contribution in [0.25, 0.3) is 0 Å². The van der Waals surface area contributed by atoms with E-state index in [0.29, 0.717) is 19.3 Å². The number of carbonyl (C=O) groups is 3. The van der Waals surface area contributed by atoms with E-state index < -0.39 is 18.1 Å². The summed E-state index contributed by atoms with van der Waals surface area (Å²) in [5.74, 6) is -1.49. The molecule has 51 heavy (non-hydrogen) atoms. The molecule has 0 aromatic carbocycles. The van der Waals surface area contributed by atoms with E-state index in [4.69, 9.17) is 14.2 Å². The van der Waals surface area contributed by atoms with Crippen LogP contribution in [0.4, 0.5) is 0 Å². The molecule has 0 radical (unpaired) electrons. The quantitative estimate of drug-likeness (QED) is 0.0301. The molecule has 0 bridgehead atoms. The van der Waals surface area contributed by atoms with Gasteiger partial charge in [-0.05, 0) is 51.4 Å². The number of carboxylic acid groups (broad SMARTS) is 1. The predicted molar refractivity (Wildman–Crippen MR) is 211 cm³/mol. The topological polar surface area (TPSA) is 99.1 Å². The number of aliphatic carboxylic acids is 1. The second-order valence-corrected chi connectivity index (χ2v) is 14.5. The van der Waals surface area contributed by atoms with Gasteiger partial charge in [0.15, 0.2) is 12.1 Å². The molecule has 0 aliphatic heterocycles. The van der Waals surface area contributed by atoms with Crippen LogP contribution in [0.2, 0.25) is 0 Å². The van der Waals surface area contributed by atoms with Crippen LogP contribution in [0.1, 0.15) is 155 Å². The lowest BCUT2D eigenvalue weighted by molar-refractivity contribution is -0.887. The van der Waals surface area contributed by atoms with Crippen LogP contribution in [-0.2, 0) is 28.6 Å². The summed E-state index contributed by atoms with van der Waals surface area (Å²) in [5, 5.41) is 9.58. The molecule has 0 rings (SSSR count). The Morgan fingerprint density at radius 2 is 1.10 bits per heavy atom. The van der Waals surface area contributed by atoms with E-state index in [2.05, 4.69) is 62.5 Å². The normalized spacial score (nSPS) is 13.5. The molecule has 0 aliphatic rings. The van der Waals surface area contributed by atoms with Gasteiger partial charge in [-0.3, -0.25) is 9.59 Å². The number of hydrogen-bond acceptors (Lipinski definition) is 6. The lowest BCUT2D eigenvalue weighted by Crippen LogP contribution is -2.50. The van der Waals surface area contributed by atoms with E-state index in [1.54, 1.807) is 0 Å². The molecule has 294 valence electrons. The van der Waals surface area contributed by atoms with Crippen LogP contribution in [0.15, 0.2) is 48.6 Å². The maximum atomic E-state index is 12.7. The van der Waals surface area contributed by atoms with Crippen molar-refractivity contribution in [3.63, 3.8) is 0 Å². The van der Waals surface area contributed by atoms with Crippen LogP contribution >= 0.6 is 0 Å². The van der Waals surface area contributed by atoms with Crippen LogP contribution < -0.4 is 0 Å². The van der Waals surface area contributed by atoms with Gasteiger partial charge in [-0.1, -0.05) is 133 Å². The minimum atomic E-state index is -0.880. The van der Waals surface area contributed by atoms with Gasteiger partial charge in [0.25, 0.3) is 0 Å². The highest BCUT2D eigenvalue weighted by atomic mass is 16.6. The minimum Gasteiger partial charge on any atom is -0.477 e. The number of ether oxygens (including phenoxy) is 3. The minimum absolute atomic E-state index is 0.0551. The third-order valence-corrected chi connectivity index (χ3v) is 8.74. The fraction of sp³-hybridized carbons (Fsp3) is 0.744. The zero-order valence-electron chi connectivity index (χ0n) is 33.3. The maximum Gasteiger partial charge on any atom is 0.362 e. The molecule has 0 saturated heterocycles. The van der Waals surface area contributed by atoms with Crippen molar-refractivity contribution in [2.45, 2.75) is 167 Å². The number of likely N-dealkylation sites (N-methyl/N-ethyl adjacent to an activating group) is 1. The van der Waals surface area contributed by atoms with Crippen LogP contribution in [0, 0.1) is 0 Å². The van der Waals surface area contributed by atoms with Gasteiger partial charge >= 0.3 is 17.9 Å². The third-order valence-electron chi connectivity index (χ3n) is 8.74. The number of carbonyl (C=O) groups excluding carboxylic acids is 2. The molecule has 0 saturated carbocycles. The number of allylic oxidation sites excluding steroid dienone is 8. The van der Waals surface area contributed by atoms with E-state index in [9.17, 15) is 19.5 Å². The van der Waals surface area contributed by atoms with E-state index in [-0.39, 0.29) is 36.2 Å². The van der Waals surface area contributed by atoms with Gasteiger partial charge in [0, 0.05) is 19.3 Å². The Kier molecular flexibility index (Phi) is 32.6. The molecule has 0 spiro atoms. The zero-order valence-corrected chi connectivity index (χ0v) is 33.3. The predicted octanol–water partition coefficient (Wildman–Crippen LogP) is 10.5. The summed E-state index contributed by atoms with van der Waals surface area (Å²) in [6.07, 6.45) is 38.7. The lowest BCUT2D eigenvalue weighted by atomic mass is 10.1. The van der Waals surface area contributed by atoms with Gasteiger partial charge in [0.1, 0.15) is 6.61 Å². The molecule has 0 aliphatic carbocycles. The molecule has 0 aromatic rings. The Morgan fingerprint density at radius 1 is 0.608 bits per heavy atom. The second-order valence-electron chi connectivity index (χ2n) is 14.5. The van der Waals surface area contributed by atoms with E-state index in [1.807, 2.05) is 21.1 Å². The average Bonchev–Trinajstić information content (AvgIpc) is 3.08. The Hall–Kier alpha value is -2.71. The van der Waals surface area contributed by atoms with Crippen molar-refractivity contribution in [3.05, 3.63) is 48.6 Å². The molecule has 0 aromatic heterocycles. The van der Waals surface area contributed by atoms with Gasteiger partial charge in [0.05, 0.1) is 34.4 Å². The molecule has 8 nitrogen and oxygen atoms in total. The number of rotatable bonds is 35. The van der Waals surface area contributed by atoms with Crippen molar-refractivity contribution in [2.24, 2.45) is 0 Å². The van der Waals surface area contributed by atoms with Gasteiger partial charge in [-0.2, -0.15) is 0 Å². The molecular weight excluding hydrogens is 642 g/mol. The van der Waals surface area contributed by atoms with E-state index >= 15 is 0 Å². The molecule has 2 unspecified atom stereocenters. The third kappa shape index (κ3) is 32.9. The first kappa shape index (κ1) is 48.3. The van der Waals surface area contributed by atoms with Gasteiger partial charge in [-0.15, -0.1) is 0 Å². The van der Waals surface area contributed by atoms with Crippen LogP contribution in [-0.4, -0.2) is 80.6 Å². The molecule has 1 N–H and O–H groups in total. The van der Waals surface area contributed by atoms with E-state index in [0.717, 1.165) is 77.0 Å². The van der Waals surface area contributed by atoms with Crippen LogP contribution in [0.3, 0.4) is 0 Å². The molecule has 8 heteroatoms. The van der Waals surface area contributed by atoms with Crippen molar-refractivity contribution in [1.82, 2.24) is 0 Å². The van der Waals surface area contributed by atoms with Crippen molar-refractivity contribution < 1.29 is 38.2 Å².